The van der Waals surface area contributed by atoms with Gasteiger partial charge in [0.1, 0.15) is 0 Å². The molecule has 0 aliphatic heterocycles. The fraction of sp³-hybridized carbons (Fsp3) is 0.333. The van der Waals surface area contributed by atoms with E-state index in [2.05, 4.69) is 18.2 Å². The van der Waals surface area contributed by atoms with Crippen molar-refractivity contribution in [3.8, 4) is 0 Å². The monoisotopic (exact) mass is 187 g/mol. The van der Waals surface area contributed by atoms with Crippen LogP contribution in [0.5, 0.6) is 0 Å². The minimum atomic E-state index is 1.18. The van der Waals surface area contributed by atoms with Crippen molar-refractivity contribution in [2.75, 3.05) is 0 Å². The minimum absolute atomic E-state index is 1.18. The molecule has 0 nitrogen and oxygen atoms in total. The Balaban J connectivity index is 3.82. The van der Waals surface area contributed by atoms with Gasteiger partial charge in [0.25, 0.3) is 0 Å². The van der Waals surface area contributed by atoms with Gasteiger partial charge in [0.05, 0.1) is 0 Å². The maximum atomic E-state index is 3.77. The van der Waals surface area contributed by atoms with Gasteiger partial charge < -0.3 is 0 Å². The summed E-state index contributed by atoms with van der Waals surface area (Å²) < 4.78 is 2.15. The Kier molecular flexibility index (Phi) is 3.20. The number of hydrogen-bond donors (Lipinski definition) is 0. The van der Waals surface area contributed by atoms with Gasteiger partial charge in [-0.25, -0.2) is 0 Å². The summed E-state index contributed by atoms with van der Waals surface area (Å²) in [4.78, 5) is 0. The molecule has 0 saturated carbocycles. The Bertz CT molecular complexity index is 101. The zero-order valence-corrected chi connectivity index (χ0v) is 7.24. The van der Waals surface area contributed by atoms with Crippen molar-refractivity contribution in [1.82, 2.24) is 0 Å². The molecule has 0 saturated heterocycles. The van der Waals surface area contributed by atoms with Crippen LogP contribution >= 0.6 is 0 Å². The van der Waals surface area contributed by atoms with E-state index in [1.165, 1.54) is 29.4 Å². The fourth-order valence-corrected chi connectivity index (χ4v) is 0.729. The molecule has 0 amide bonds. The SMILES string of the molecule is C=C(C)C(C)=[CH][RuH4]. The second-order valence-corrected chi connectivity index (χ2v) is 2.32. The first-order valence-corrected chi connectivity index (χ1v) is 3.60. The average Bonchev–Trinajstić information content (AvgIpc) is 1.65. The van der Waals surface area contributed by atoms with E-state index in [4.69, 9.17) is 0 Å². The van der Waals surface area contributed by atoms with E-state index in [1.54, 1.807) is 0 Å². The normalized spacial score (nSPS) is 11.7. The van der Waals surface area contributed by atoms with Gasteiger partial charge in [-0.2, -0.15) is 0 Å². The number of hydrogen-bond acceptors (Lipinski definition) is 0. The molecule has 0 unspecified atom stereocenters. The van der Waals surface area contributed by atoms with Crippen molar-refractivity contribution in [3.05, 3.63) is 22.4 Å². The van der Waals surface area contributed by atoms with Crippen LogP contribution in [0.4, 0.5) is 0 Å². The van der Waals surface area contributed by atoms with Crippen molar-refractivity contribution >= 4 is 0 Å². The summed E-state index contributed by atoms with van der Waals surface area (Å²) in [6.45, 7) is 7.88. The van der Waals surface area contributed by atoms with E-state index in [-0.39, 0.29) is 0 Å². The van der Waals surface area contributed by atoms with E-state index in [0.29, 0.717) is 0 Å². The van der Waals surface area contributed by atoms with Crippen molar-refractivity contribution in [1.29, 1.82) is 0 Å². The molecule has 0 aromatic carbocycles. The van der Waals surface area contributed by atoms with Crippen LogP contribution in [0, 0.1) is 0 Å². The van der Waals surface area contributed by atoms with Crippen LogP contribution in [0.1, 0.15) is 13.8 Å². The molecule has 45 valence electrons. The van der Waals surface area contributed by atoms with Gasteiger partial charge in [0.2, 0.25) is 0 Å². The van der Waals surface area contributed by atoms with Crippen molar-refractivity contribution in [2.45, 2.75) is 13.8 Å². The topological polar surface area (TPSA) is 0 Å². The molecule has 0 heterocycles. The van der Waals surface area contributed by atoms with E-state index in [1.807, 2.05) is 6.92 Å². The Morgan fingerprint density at radius 3 is 2.00 bits per heavy atom. The second kappa shape index (κ2) is 3.15. The quantitative estimate of drug-likeness (QED) is 0.422. The molecule has 1 heteroatoms. The van der Waals surface area contributed by atoms with Gasteiger partial charge in [0, 0.05) is 0 Å². The molecule has 0 aliphatic carbocycles. The van der Waals surface area contributed by atoms with E-state index in [9.17, 15) is 0 Å². The van der Waals surface area contributed by atoms with E-state index < -0.39 is 0 Å². The molecule has 0 spiro atoms. The number of rotatable bonds is 1. The standard InChI is InChI=1S/C6H9.Ru.4H/c1-5(2)6(3)4;;;;;/h1H,3H2,2,4H3;;;;;. The molecule has 0 aliphatic rings. The summed E-state index contributed by atoms with van der Waals surface area (Å²) in [7, 11) is 0. The van der Waals surface area contributed by atoms with Crippen molar-refractivity contribution in [2.24, 2.45) is 0 Å². The van der Waals surface area contributed by atoms with E-state index >= 15 is 0 Å². The molecule has 0 aromatic rings. The van der Waals surface area contributed by atoms with Crippen LogP contribution in [0.15, 0.2) is 22.4 Å². The predicted molar refractivity (Wildman–Crippen MR) is 34.2 cm³/mol. The summed E-state index contributed by atoms with van der Waals surface area (Å²) in [5, 5.41) is 0. The van der Waals surface area contributed by atoms with Gasteiger partial charge in [-0.05, 0) is 0 Å². The third-order valence-electron chi connectivity index (χ3n) is 0.890. The van der Waals surface area contributed by atoms with Gasteiger partial charge in [-0.3, -0.25) is 0 Å². The molecular formula is C6H13Ru. The molecule has 0 radical (unpaired) electrons. The van der Waals surface area contributed by atoms with Gasteiger partial charge in [-0.1, -0.05) is 0 Å². The van der Waals surface area contributed by atoms with Crippen LogP contribution < -0.4 is 0 Å². The third kappa shape index (κ3) is 2.76. The summed E-state index contributed by atoms with van der Waals surface area (Å²) in [5.74, 6) is 0. The maximum absolute atomic E-state index is 3.77. The molecule has 0 rings (SSSR count). The van der Waals surface area contributed by atoms with Crippen LogP contribution in [0.25, 0.3) is 0 Å². The Hall–Kier alpha value is 0.103. The van der Waals surface area contributed by atoms with Gasteiger partial charge in [0.15, 0.2) is 0 Å². The number of allylic oxidation sites excluding steroid dienone is 2. The first-order valence-electron chi connectivity index (χ1n) is 2.18. The zero-order valence-electron chi connectivity index (χ0n) is 4.78. The first kappa shape index (κ1) is 7.10. The first-order chi connectivity index (χ1) is 3.18. The second-order valence-electron chi connectivity index (χ2n) is 1.61. The van der Waals surface area contributed by atoms with Crippen molar-refractivity contribution < 1.29 is 18.3 Å². The predicted octanol–water partition coefficient (Wildman–Crippen LogP) is 0.942. The molecule has 0 N–H and O–H groups in total. The molecule has 0 aromatic heterocycles. The summed E-state index contributed by atoms with van der Waals surface area (Å²) >= 11 is 1.45. The van der Waals surface area contributed by atoms with Gasteiger partial charge >= 0.3 is 54.5 Å². The Morgan fingerprint density at radius 2 is 2.00 bits per heavy atom. The zero-order chi connectivity index (χ0) is 5.86. The van der Waals surface area contributed by atoms with Crippen molar-refractivity contribution in [3.63, 3.8) is 0 Å². The molecule has 0 atom stereocenters. The molecule has 0 bridgehead atoms. The summed E-state index contributed by atoms with van der Waals surface area (Å²) in [6.07, 6.45) is 0. The molecule has 0 fully saturated rings. The summed E-state index contributed by atoms with van der Waals surface area (Å²) in [6, 6.07) is 0. The fourth-order valence-electron chi connectivity index (χ4n) is 0.123. The Labute approximate surface area is 55.0 Å². The molecular weight excluding hydrogens is 173 g/mol. The molecule has 7 heavy (non-hydrogen) atoms. The van der Waals surface area contributed by atoms with Crippen LogP contribution in [0.2, 0.25) is 0 Å². The Morgan fingerprint density at radius 1 is 1.57 bits per heavy atom. The van der Waals surface area contributed by atoms with Crippen LogP contribution in [0.3, 0.4) is 0 Å². The average molecular weight is 186 g/mol. The van der Waals surface area contributed by atoms with Crippen LogP contribution in [-0.4, -0.2) is 0 Å². The van der Waals surface area contributed by atoms with Crippen LogP contribution in [-0.2, 0) is 18.3 Å². The third-order valence-corrected chi connectivity index (χ3v) is 1.95. The summed E-state index contributed by atoms with van der Waals surface area (Å²) in [5.41, 5.74) is 2.50. The van der Waals surface area contributed by atoms with E-state index in [0.717, 1.165) is 0 Å². The van der Waals surface area contributed by atoms with Gasteiger partial charge in [-0.15, -0.1) is 0 Å².